The first-order chi connectivity index (χ1) is 8.19. The lowest BCUT2D eigenvalue weighted by atomic mass is 10.00. The van der Waals surface area contributed by atoms with E-state index >= 15 is 0 Å². The molecule has 0 aliphatic carbocycles. The molecular weight excluding hydrogens is 204 g/mol. The van der Waals surface area contributed by atoms with E-state index in [2.05, 4.69) is 44.7 Å². The maximum atomic E-state index is 3.74. The SMILES string of the molecule is C=C/C=C(\C=C/C)c1ccc(C)c(C)c1.CC. The number of hydrogen-bond acceptors (Lipinski definition) is 0. The molecule has 92 valence electrons. The Hall–Kier alpha value is -1.56. The average Bonchev–Trinajstić information content (AvgIpc) is 2.35. The summed E-state index contributed by atoms with van der Waals surface area (Å²) in [5, 5.41) is 0. The van der Waals surface area contributed by atoms with E-state index in [1.807, 2.05) is 39.0 Å². The second-order valence-corrected chi connectivity index (χ2v) is 3.66. The molecule has 17 heavy (non-hydrogen) atoms. The Labute approximate surface area is 106 Å². The molecule has 0 saturated heterocycles. The molecule has 0 radical (unpaired) electrons. The number of rotatable bonds is 3. The highest BCUT2D eigenvalue weighted by Crippen LogP contribution is 2.19. The van der Waals surface area contributed by atoms with Crippen LogP contribution in [-0.2, 0) is 0 Å². The summed E-state index contributed by atoms with van der Waals surface area (Å²) in [4.78, 5) is 0. The molecule has 1 rings (SSSR count). The predicted molar refractivity (Wildman–Crippen MR) is 80.3 cm³/mol. The van der Waals surface area contributed by atoms with Gasteiger partial charge in [0.05, 0.1) is 0 Å². The van der Waals surface area contributed by atoms with Gasteiger partial charge in [0.15, 0.2) is 0 Å². The maximum Gasteiger partial charge on any atom is -0.0181 e. The Balaban J connectivity index is 0.00000121. The summed E-state index contributed by atoms with van der Waals surface area (Å²) in [5.41, 5.74) is 5.11. The van der Waals surface area contributed by atoms with Crippen molar-refractivity contribution >= 4 is 5.57 Å². The third-order valence-electron chi connectivity index (χ3n) is 2.48. The van der Waals surface area contributed by atoms with E-state index in [-0.39, 0.29) is 0 Å². The lowest BCUT2D eigenvalue weighted by molar-refractivity contribution is 1.33. The first-order valence-electron chi connectivity index (χ1n) is 6.22. The van der Waals surface area contributed by atoms with Crippen LogP contribution in [0.2, 0.25) is 0 Å². The monoisotopic (exact) mass is 228 g/mol. The van der Waals surface area contributed by atoms with E-state index in [4.69, 9.17) is 0 Å². The summed E-state index contributed by atoms with van der Waals surface area (Å²) in [6.07, 6.45) is 8.00. The smallest absolute Gasteiger partial charge is 0.0181 e. The van der Waals surface area contributed by atoms with E-state index < -0.39 is 0 Å². The van der Waals surface area contributed by atoms with Crippen LogP contribution in [0.15, 0.2) is 49.1 Å². The van der Waals surface area contributed by atoms with Gasteiger partial charge < -0.3 is 0 Å². The fourth-order valence-electron chi connectivity index (χ4n) is 1.48. The van der Waals surface area contributed by atoms with E-state index in [0.717, 1.165) is 0 Å². The second kappa shape index (κ2) is 8.58. The topological polar surface area (TPSA) is 0 Å². The van der Waals surface area contributed by atoms with Gasteiger partial charge in [-0.25, -0.2) is 0 Å². The maximum absolute atomic E-state index is 3.74. The third-order valence-corrected chi connectivity index (χ3v) is 2.48. The zero-order chi connectivity index (χ0) is 13.3. The van der Waals surface area contributed by atoms with Crippen LogP contribution in [0.1, 0.15) is 37.5 Å². The molecule has 0 heteroatoms. The Bertz CT molecular complexity index is 406. The molecule has 0 N–H and O–H groups in total. The molecule has 1 aromatic rings. The average molecular weight is 228 g/mol. The lowest BCUT2D eigenvalue weighted by Gasteiger charge is -2.05. The van der Waals surface area contributed by atoms with Crippen molar-refractivity contribution in [2.24, 2.45) is 0 Å². The van der Waals surface area contributed by atoms with Gasteiger partial charge in [-0.15, -0.1) is 0 Å². The minimum absolute atomic E-state index is 1.20. The van der Waals surface area contributed by atoms with Crippen LogP contribution in [-0.4, -0.2) is 0 Å². The number of benzene rings is 1. The standard InChI is InChI=1S/C15H18.C2H6/c1-5-7-14(8-6-2)15-10-9-12(3)13(4)11-15;1-2/h5-11H,1H2,2-4H3;1-2H3/b8-6-,14-7+;. The molecule has 0 fully saturated rings. The van der Waals surface area contributed by atoms with Gasteiger partial charge in [0.1, 0.15) is 0 Å². The van der Waals surface area contributed by atoms with Crippen LogP contribution in [0.25, 0.3) is 5.57 Å². The molecule has 0 aliphatic rings. The molecule has 0 nitrogen and oxygen atoms in total. The predicted octanol–water partition coefficient (Wildman–Crippen LogP) is 5.48. The van der Waals surface area contributed by atoms with Crippen LogP contribution in [0.4, 0.5) is 0 Å². The largest absolute Gasteiger partial charge is 0.0990 e. The van der Waals surface area contributed by atoms with Crippen molar-refractivity contribution in [3.8, 4) is 0 Å². The summed E-state index contributed by atoms with van der Waals surface area (Å²) >= 11 is 0. The van der Waals surface area contributed by atoms with Gasteiger partial charge in [-0.05, 0) is 43.0 Å². The van der Waals surface area contributed by atoms with Gasteiger partial charge >= 0.3 is 0 Å². The zero-order valence-electron chi connectivity index (χ0n) is 11.7. The normalized spacial score (nSPS) is 11.0. The van der Waals surface area contributed by atoms with Crippen molar-refractivity contribution in [3.63, 3.8) is 0 Å². The Morgan fingerprint density at radius 2 is 1.76 bits per heavy atom. The van der Waals surface area contributed by atoms with Gasteiger partial charge in [0.25, 0.3) is 0 Å². The number of hydrogen-bond donors (Lipinski definition) is 0. The summed E-state index contributed by atoms with van der Waals surface area (Å²) in [7, 11) is 0. The van der Waals surface area contributed by atoms with Crippen molar-refractivity contribution < 1.29 is 0 Å². The quantitative estimate of drug-likeness (QED) is 0.601. The van der Waals surface area contributed by atoms with Crippen LogP contribution in [0.3, 0.4) is 0 Å². The highest BCUT2D eigenvalue weighted by atomic mass is 14.0. The lowest BCUT2D eigenvalue weighted by Crippen LogP contribution is -1.85. The summed E-state index contributed by atoms with van der Waals surface area (Å²) in [6, 6.07) is 6.52. The fraction of sp³-hybridized carbons (Fsp3) is 0.294. The minimum Gasteiger partial charge on any atom is -0.0990 e. The number of allylic oxidation sites excluding steroid dienone is 5. The Kier molecular flexibility index (Phi) is 7.79. The van der Waals surface area contributed by atoms with E-state index in [0.29, 0.717) is 0 Å². The van der Waals surface area contributed by atoms with Gasteiger partial charge in [-0.2, -0.15) is 0 Å². The van der Waals surface area contributed by atoms with Crippen molar-refractivity contribution in [1.29, 1.82) is 0 Å². The van der Waals surface area contributed by atoms with Crippen LogP contribution in [0.5, 0.6) is 0 Å². The zero-order valence-corrected chi connectivity index (χ0v) is 11.7. The van der Waals surface area contributed by atoms with E-state index in [1.54, 1.807) is 0 Å². The van der Waals surface area contributed by atoms with E-state index in [1.165, 1.54) is 22.3 Å². The fourth-order valence-corrected chi connectivity index (χ4v) is 1.48. The highest BCUT2D eigenvalue weighted by molar-refractivity contribution is 5.75. The molecule has 1 aromatic carbocycles. The molecule has 0 saturated carbocycles. The van der Waals surface area contributed by atoms with Crippen LogP contribution in [0, 0.1) is 13.8 Å². The summed E-state index contributed by atoms with van der Waals surface area (Å²) < 4.78 is 0. The Morgan fingerprint density at radius 3 is 2.24 bits per heavy atom. The molecule has 0 aliphatic heterocycles. The first-order valence-corrected chi connectivity index (χ1v) is 6.22. The van der Waals surface area contributed by atoms with Crippen molar-refractivity contribution in [1.82, 2.24) is 0 Å². The first kappa shape index (κ1) is 15.4. The van der Waals surface area contributed by atoms with Crippen molar-refractivity contribution in [2.75, 3.05) is 0 Å². The van der Waals surface area contributed by atoms with Crippen LogP contribution >= 0.6 is 0 Å². The van der Waals surface area contributed by atoms with E-state index in [9.17, 15) is 0 Å². The third kappa shape index (κ3) is 4.86. The molecular formula is C17H24. The minimum atomic E-state index is 1.20. The van der Waals surface area contributed by atoms with Crippen molar-refractivity contribution in [2.45, 2.75) is 34.6 Å². The summed E-state index contributed by atoms with van der Waals surface area (Å²) in [5.74, 6) is 0. The molecule has 0 atom stereocenters. The molecule has 0 spiro atoms. The van der Waals surface area contributed by atoms with Gasteiger partial charge in [-0.1, -0.05) is 62.9 Å². The molecule has 0 amide bonds. The second-order valence-electron chi connectivity index (χ2n) is 3.66. The summed E-state index contributed by atoms with van der Waals surface area (Å²) in [6.45, 7) is 14.0. The van der Waals surface area contributed by atoms with Gasteiger partial charge in [0.2, 0.25) is 0 Å². The van der Waals surface area contributed by atoms with Gasteiger partial charge in [-0.3, -0.25) is 0 Å². The van der Waals surface area contributed by atoms with Gasteiger partial charge in [0, 0.05) is 0 Å². The molecule has 0 unspecified atom stereocenters. The molecule has 0 aromatic heterocycles. The molecule has 0 bridgehead atoms. The molecule has 0 heterocycles. The number of aryl methyl sites for hydroxylation is 2. The van der Waals surface area contributed by atoms with Crippen molar-refractivity contribution in [3.05, 3.63) is 65.8 Å². The Morgan fingerprint density at radius 1 is 1.12 bits per heavy atom. The highest BCUT2D eigenvalue weighted by Gasteiger charge is 1.98. The van der Waals surface area contributed by atoms with Crippen LogP contribution < -0.4 is 0 Å².